The normalized spacial score (nSPS) is 10.3. The summed E-state index contributed by atoms with van der Waals surface area (Å²) in [5.74, 6) is 0. The first-order valence-corrected chi connectivity index (χ1v) is 5.12. The van der Waals surface area contributed by atoms with E-state index in [1.807, 2.05) is 6.92 Å². The lowest BCUT2D eigenvalue weighted by Crippen LogP contribution is -1.98. The van der Waals surface area contributed by atoms with Crippen LogP contribution in [0, 0.1) is 6.92 Å². The molecule has 0 unspecified atom stereocenters. The molecule has 0 fully saturated rings. The van der Waals surface area contributed by atoms with Crippen LogP contribution in [0.1, 0.15) is 5.56 Å². The maximum absolute atomic E-state index is 8.74. The van der Waals surface area contributed by atoms with E-state index < -0.39 is 10.4 Å². The van der Waals surface area contributed by atoms with Gasteiger partial charge in [-0.2, -0.15) is 8.42 Å². The van der Waals surface area contributed by atoms with Crippen LogP contribution < -0.4 is 17.2 Å². The highest BCUT2D eigenvalue weighted by atomic mass is 32.3. The summed E-state index contributed by atoms with van der Waals surface area (Å²) in [5, 5.41) is 0. The molecule has 86 valence electrons. The molecular weight excluding hydrogens is 222 g/mol. The lowest BCUT2D eigenvalue weighted by atomic mass is 10.1. The standard InChI is InChI=1S/C7H11N3.H2O4S/c1-4-2-6(9)7(10)3-5(4)8;1-5(2,3)4/h2-3H,8-10H2,1H3;(H2,1,2,3,4). The van der Waals surface area contributed by atoms with E-state index in [1.54, 1.807) is 12.1 Å². The first-order chi connectivity index (χ1) is 6.61. The van der Waals surface area contributed by atoms with Crippen LogP contribution in [0.5, 0.6) is 0 Å². The topological polar surface area (TPSA) is 153 Å². The molecule has 8 N–H and O–H groups in total. The molecule has 0 radical (unpaired) electrons. The molecule has 0 aromatic heterocycles. The van der Waals surface area contributed by atoms with Gasteiger partial charge in [0.25, 0.3) is 0 Å². The zero-order valence-corrected chi connectivity index (χ0v) is 8.82. The highest BCUT2D eigenvalue weighted by molar-refractivity contribution is 7.79. The Balaban J connectivity index is 0.000000336. The number of nitrogens with two attached hydrogens (primary N) is 3. The van der Waals surface area contributed by atoms with Gasteiger partial charge in [-0.3, -0.25) is 9.11 Å². The van der Waals surface area contributed by atoms with Gasteiger partial charge in [0.1, 0.15) is 0 Å². The van der Waals surface area contributed by atoms with Crippen molar-refractivity contribution < 1.29 is 17.5 Å². The van der Waals surface area contributed by atoms with Crippen LogP contribution in [0.25, 0.3) is 0 Å². The summed E-state index contributed by atoms with van der Waals surface area (Å²) in [5.41, 5.74) is 19.3. The van der Waals surface area contributed by atoms with Gasteiger partial charge in [0, 0.05) is 5.69 Å². The molecule has 0 amide bonds. The molecule has 0 saturated carbocycles. The summed E-state index contributed by atoms with van der Waals surface area (Å²) >= 11 is 0. The monoisotopic (exact) mass is 235 g/mol. The molecular formula is C7H13N3O4S. The molecule has 0 heterocycles. The smallest absolute Gasteiger partial charge is 0.394 e. The van der Waals surface area contributed by atoms with Gasteiger partial charge in [-0.05, 0) is 24.6 Å². The minimum Gasteiger partial charge on any atom is -0.398 e. The fraction of sp³-hybridized carbons (Fsp3) is 0.143. The van der Waals surface area contributed by atoms with Crippen molar-refractivity contribution >= 4 is 27.5 Å². The average molecular weight is 235 g/mol. The first kappa shape index (κ1) is 13.5. The second kappa shape index (κ2) is 4.82. The van der Waals surface area contributed by atoms with Crippen LogP contribution >= 0.6 is 0 Å². The Morgan fingerprint density at radius 1 is 1.00 bits per heavy atom. The van der Waals surface area contributed by atoms with E-state index in [4.69, 9.17) is 34.7 Å². The van der Waals surface area contributed by atoms with E-state index >= 15 is 0 Å². The number of aryl methyl sites for hydroxylation is 1. The van der Waals surface area contributed by atoms with Crippen LogP contribution in [0.15, 0.2) is 12.1 Å². The highest BCUT2D eigenvalue weighted by Crippen LogP contribution is 2.21. The van der Waals surface area contributed by atoms with Gasteiger partial charge in [-0.25, -0.2) is 0 Å². The van der Waals surface area contributed by atoms with E-state index in [0.29, 0.717) is 17.1 Å². The summed E-state index contributed by atoms with van der Waals surface area (Å²) < 4.78 is 31.6. The van der Waals surface area contributed by atoms with E-state index in [9.17, 15) is 0 Å². The third-order valence-electron chi connectivity index (χ3n) is 1.47. The molecule has 8 heteroatoms. The molecule has 0 bridgehead atoms. The largest absolute Gasteiger partial charge is 0.398 e. The summed E-state index contributed by atoms with van der Waals surface area (Å²) in [7, 11) is -4.67. The molecule has 15 heavy (non-hydrogen) atoms. The maximum atomic E-state index is 8.74. The third kappa shape index (κ3) is 6.55. The third-order valence-corrected chi connectivity index (χ3v) is 1.47. The summed E-state index contributed by atoms with van der Waals surface area (Å²) in [6.07, 6.45) is 0. The Morgan fingerprint density at radius 3 is 1.67 bits per heavy atom. The predicted octanol–water partition coefficient (Wildman–Crippen LogP) is 0.0888. The summed E-state index contributed by atoms with van der Waals surface area (Å²) in [6.45, 7) is 1.89. The van der Waals surface area contributed by atoms with Gasteiger partial charge in [0.2, 0.25) is 0 Å². The van der Waals surface area contributed by atoms with E-state index in [0.717, 1.165) is 5.56 Å². The molecule has 7 nitrogen and oxygen atoms in total. The van der Waals surface area contributed by atoms with Crippen LogP contribution in [0.2, 0.25) is 0 Å². The Hall–Kier alpha value is -1.51. The quantitative estimate of drug-likeness (QED) is 0.315. The number of anilines is 3. The van der Waals surface area contributed by atoms with Crippen molar-refractivity contribution in [3.05, 3.63) is 17.7 Å². The molecule has 0 saturated heterocycles. The molecule has 0 aliphatic rings. The SMILES string of the molecule is Cc1cc(N)c(N)cc1N.O=S(=O)(O)O. The minimum atomic E-state index is -4.67. The molecule has 1 aromatic rings. The minimum absolute atomic E-state index is 0.545. The Morgan fingerprint density at radius 2 is 1.33 bits per heavy atom. The molecule has 0 aliphatic carbocycles. The van der Waals surface area contributed by atoms with Crippen molar-refractivity contribution in [2.24, 2.45) is 0 Å². The maximum Gasteiger partial charge on any atom is 0.394 e. The second-order valence-corrected chi connectivity index (χ2v) is 3.68. The molecule has 0 aliphatic heterocycles. The Bertz CT molecular complexity index is 386. The van der Waals surface area contributed by atoms with Crippen molar-refractivity contribution in [3.8, 4) is 0 Å². The van der Waals surface area contributed by atoms with Crippen molar-refractivity contribution in [1.29, 1.82) is 0 Å². The first-order valence-electron chi connectivity index (χ1n) is 3.72. The highest BCUT2D eigenvalue weighted by Gasteiger charge is 1.97. The van der Waals surface area contributed by atoms with Crippen molar-refractivity contribution in [2.45, 2.75) is 6.92 Å². The number of hydrogen-bond donors (Lipinski definition) is 5. The number of nitrogen functional groups attached to an aromatic ring is 3. The number of rotatable bonds is 0. The van der Waals surface area contributed by atoms with Crippen LogP contribution in [0.4, 0.5) is 17.1 Å². The fourth-order valence-corrected chi connectivity index (χ4v) is 0.765. The van der Waals surface area contributed by atoms with Gasteiger partial charge in [0.15, 0.2) is 0 Å². The zero-order chi connectivity index (χ0) is 12.2. The summed E-state index contributed by atoms with van der Waals surface area (Å²) in [4.78, 5) is 0. The van der Waals surface area contributed by atoms with Crippen molar-refractivity contribution in [3.63, 3.8) is 0 Å². The van der Waals surface area contributed by atoms with Crippen LogP contribution in [-0.2, 0) is 10.4 Å². The summed E-state index contributed by atoms with van der Waals surface area (Å²) in [6, 6.07) is 3.44. The fourth-order valence-electron chi connectivity index (χ4n) is 0.765. The van der Waals surface area contributed by atoms with Gasteiger partial charge >= 0.3 is 10.4 Å². The predicted molar refractivity (Wildman–Crippen MR) is 58.6 cm³/mol. The molecule has 0 spiro atoms. The number of hydrogen-bond acceptors (Lipinski definition) is 5. The average Bonchev–Trinajstić information content (AvgIpc) is 1.98. The van der Waals surface area contributed by atoms with Crippen LogP contribution in [-0.4, -0.2) is 17.5 Å². The molecule has 1 aromatic carbocycles. The van der Waals surface area contributed by atoms with Gasteiger partial charge < -0.3 is 17.2 Å². The number of benzene rings is 1. The van der Waals surface area contributed by atoms with Gasteiger partial charge in [-0.15, -0.1) is 0 Å². The lowest BCUT2D eigenvalue weighted by molar-refractivity contribution is 0.381. The molecule has 0 atom stereocenters. The zero-order valence-electron chi connectivity index (χ0n) is 8.01. The van der Waals surface area contributed by atoms with Gasteiger partial charge in [-0.1, -0.05) is 0 Å². The van der Waals surface area contributed by atoms with Gasteiger partial charge in [0.05, 0.1) is 11.4 Å². The van der Waals surface area contributed by atoms with Crippen LogP contribution in [0.3, 0.4) is 0 Å². The van der Waals surface area contributed by atoms with E-state index in [1.165, 1.54) is 0 Å². The van der Waals surface area contributed by atoms with Crippen molar-refractivity contribution in [1.82, 2.24) is 0 Å². The van der Waals surface area contributed by atoms with E-state index in [2.05, 4.69) is 0 Å². The Kier molecular flexibility index (Phi) is 4.34. The van der Waals surface area contributed by atoms with E-state index in [-0.39, 0.29) is 0 Å². The molecule has 1 rings (SSSR count). The Labute approximate surface area is 87.5 Å². The second-order valence-electron chi connectivity index (χ2n) is 2.79. The lowest BCUT2D eigenvalue weighted by Gasteiger charge is -2.03. The van der Waals surface area contributed by atoms with Crippen molar-refractivity contribution in [2.75, 3.05) is 17.2 Å².